The molecule has 2 rings (SSSR count). The normalized spacial score (nSPS) is 10.3. The van der Waals surface area contributed by atoms with E-state index in [4.69, 9.17) is 5.11 Å². The van der Waals surface area contributed by atoms with Gasteiger partial charge in [0, 0.05) is 13.6 Å². The van der Waals surface area contributed by atoms with Gasteiger partial charge in [-0.1, -0.05) is 29.4 Å². The van der Waals surface area contributed by atoms with Crippen LogP contribution in [0, 0.1) is 0 Å². The van der Waals surface area contributed by atoms with Crippen molar-refractivity contribution in [1.82, 2.24) is 20.2 Å². The van der Waals surface area contributed by atoms with Gasteiger partial charge in [-0.15, -0.1) is 0 Å². The van der Waals surface area contributed by atoms with Gasteiger partial charge in [-0.25, -0.2) is 4.68 Å². The molecule has 0 spiro atoms. The van der Waals surface area contributed by atoms with Crippen LogP contribution in [0.4, 0.5) is 5.95 Å². The average Bonchev–Trinajstić information content (AvgIpc) is 2.73. The first-order valence-corrected chi connectivity index (χ1v) is 5.41. The number of carbonyl (C=O) groups is 1. The number of nitrogens with one attached hydrogen (secondary N) is 1. The lowest BCUT2D eigenvalue weighted by molar-refractivity contribution is -0.136. The molecule has 18 heavy (non-hydrogen) atoms. The Balaban J connectivity index is 2.09. The van der Waals surface area contributed by atoms with E-state index in [0.717, 1.165) is 11.1 Å². The first-order valence-electron chi connectivity index (χ1n) is 5.41. The molecule has 0 amide bonds. The summed E-state index contributed by atoms with van der Waals surface area (Å²) in [6.45, 7) is 0.484. The van der Waals surface area contributed by atoms with E-state index in [-0.39, 0.29) is 6.42 Å². The Labute approximate surface area is 103 Å². The minimum absolute atomic E-state index is 0.00885. The maximum atomic E-state index is 10.8. The van der Waals surface area contributed by atoms with Crippen LogP contribution >= 0.6 is 0 Å². The van der Waals surface area contributed by atoms with Gasteiger partial charge in [0.05, 0.1) is 6.42 Å². The number of hydrogen-bond acceptors (Lipinski definition) is 5. The molecule has 0 atom stereocenters. The number of rotatable bonds is 5. The lowest BCUT2D eigenvalue weighted by atomic mass is 10.0. The van der Waals surface area contributed by atoms with Gasteiger partial charge in [0.15, 0.2) is 0 Å². The van der Waals surface area contributed by atoms with E-state index in [0.29, 0.717) is 12.5 Å². The molecule has 0 aliphatic heterocycles. The highest BCUT2D eigenvalue weighted by atomic mass is 16.4. The first-order chi connectivity index (χ1) is 8.66. The highest BCUT2D eigenvalue weighted by Crippen LogP contribution is 2.11. The maximum absolute atomic E-state index is 10.8. The lowest BCUT2D eigenvalue weighted by Gasteiger charge is -2.08. The van der Waals surface area contributed by atoms with Gasteiger partial charge in [0.1, 0.15) is 0 Å². The Bertz CT molecular complexity index is 552. The molecule has 2 N–H and O–H groups in total. The van der Waals surface area contributed by atoms with Crippen molar-refractivity contribution < 1.29 is 9.90 Å². The number of anilines is 1. The Hall–Kier alpha value is -2.44. The molecule has 0 unspecified atom stereocenters. The van der Waals surface area contributed by atoms with E-state index in [2.05, 4.69) is 20.8 Å². The number of tetrazole rings is 1. The van der Waals surface area contributed by atoms with Gasteiger partial charge >= 0.3 is 5.97 Å². The summed E-state index contributed by atoms with van der Waals surface area (Å²) < 4.78 is 1.51. The molecule has 7 heteroatoms. The van der Waals surface area contributed by atoms with Gasteiger partial charge in [0.25, 0.3) is 0 Å². The van der Waals surface area contributed by atoms with E-state index in [1.807, 2.05) is 18.2 Å². The van der Waals surface area contributed by atoms with Crippen molar-refractivity contribution in [3.8, 4) is 0 Å². The summed E-state index contributed by atoms with van der Waals surface area (Å²) in [6, 6.07) is 7.39. The SMILES string of the molecule is Cn1nnnc1NCc1ccccc1CC(=O)O. The number of carboxylic acids is 1. The summed E-state index contributed by atoms with van der Waals surface area (Å²) >= 11 is 0. The van der Waals surface area contributed by atoms with E-state index in [9.17, 15) is 4.79 Å². The highest BCUT2D eigenvalue weighted by Gasteiger charge is 2.07. The van der Waals surface area contributed by atoms with Crippen LogP contribution in [0.2, 0.25) is 0 Å². The van der Waals surface area contributed by atoms with Crippen LogP contribution in [-0.2, 0) is 24.8 Å². The van der Waals surface area contributed by atoms with Crippen molar-refractivity contribution >= 4 is 11.9 Å². The zero-order valence-electron chi connectivity index (χ0n) is 9.87. The summed E-state index contributed by atoms with van der Waals surface area (Å²) in [5.41, 5.74) is 1.70. The van der Waals surface area contributed by atoms with Crippen molar-refractivity contribution in [2.45, 2.75) is 13.0 Å². The van der Waals surface area contributed by atoms with Gasteiger partial charge in [-0.3, -0.25) is 4.79 Å². The molecular weight excluding hydrogens is 234 g/mol. The molecule has 1 aromatic heterocycles. The standard InChI is InChI=1S/C11H13N5O2/c1-16-11(13-14-15-16)12-7-9-5-3-2-4-8(9)6-10(17)18/h2-5H,6-7H2,1H3,(H,17,18)(H,12,13,15). The highest BCUT2D eigenvalue weighted by molar-refractivity contribution is 5.70. The number of benzene rings is 1. The monoisotopic (exact) mass is 247 g/mol. The van der Waals surface area contributed by atoms with Gasteiger partial charge in [0.2, 0.25) is 5.95 Å². The summed E-state index contributed by atoms with van der Waals surface area (Å²) in [7, 11) is 1.73. The molecule has 0 saturated heterocycles. The number of aromatic nitrogens is 4. The quantitative estimate of drug-likeness (QED) is 0.796. The van der Waals surface area contributed by atoms with Crippen LogP contribution in [0.25, 0.3) is 0 Å². The molecule has 0 saturated carbocycles. The molecule has 2 aromatic rings. The average molecular weight is 247 g/mol. The summed E-state index contributed by atoms with van der Waals surface area (Å²) in [5.74, 6) is -0.303. The molecule has 7 nitrogen and oxygen atoms in total. The van der Waals surface area contributed by atoms with Crippen molar-refractivity contribution in [1.29, 1.82) is 0 Å². The minimum Gasteiger partial charge on any atom is -0.481 e. The van der Waals surface area contributed by atoms with Crippen LogP contribution in [-0.4, -0.2) is 31.3 Å². The van der Waals surface area contributed by atoms with Crippen molar-refractivity contribution in [3.63, 3.8) is 0 Å². The molecule has 1 heterocycles. The number of aryl methyl sites for hydroxylation is 1. The van der Waals surface area contributed by atoms with Gasteiger partial charge in [-0.05, 0) is 21.6 Å². The summed E-state index contributed by atoms with van der Waals surface area (Å²) in [5, 5.41) is 22.9. The fourth-order valence-corrected chi connectivity index (χ4v) is 1.62. The molecular formula is C11H13N5O2. The third-order valence-electron chi connectivity index (χ3n) is 2.52. The van der Waals surface area contributed by atoms with Crippen LogP contribution in [0.3, 0.4) is 0 Å². The lowest BCUT2D eigenvalue weighted by Crippen LogP contribution is -2.09. The third kappa shape index (κ3) is 2.82. The molecule has 0 aliphatic rings. The third-order valence-corrected chi connectivity index (χ3v) is 2.52. The minimum atomic E-state index is -0.845. The van der Waals surface area contributed by atoms with E-state index >= 15 is 0 Å². The second-order valence-electron chi connectivity index (χ2n) is 3.82. The Morgan fingerprint density at radius 3 is 2.72 bits per heavy atom. The van der Waals surface area contributed by atoms with Crippen molar-refractivity contribution in [2.24, 2.45) is 7.05 Å². The van der Waals surface area contributed by atoms with Crippen LogP contribution in [0.1, 0.15) is 11.1 Å². The van der Waals surface area contributed by atoms with Crippen molar-refractivity contribution in [3.05, 3.63) is 35.4 Å². The van der Waals surface area contributed by atoms with Crippen LogP contribution in [0.5, 0.6) is 0 Å². The molecule has 0 fully saturated rings. The van der Waals surface area contributed by atoms with E-state index in [1.54, 1.807) is 13.1 Å². The predicted molar refractivity (Wildman–Crippen MR) is 63.9 cm³/mol. The largest absolute Gasteiger partial charge is 0.481 e. The zero-order valence-corrected chi connectivity index (χ0v) is 9.87. The number of carboxylic acid groups (broad SMARTS) is 1. The molecule has 0 aliphatic carbocycles. The van der Waals surface area contributed by atoms with Crippen molar-refractivity contribution in [2.75, 3.05) is 5.32 Å². The predicted octanol–water partition coefficient (Wildman–Crippen LogP) is 0.449. The second-order valence-corrected chi connectivity index (χ2v) is 3.82. The van der Waals surface area contributed by atoms with E-state index in [1.165, 1.54) is 4.68 Å². The molecule has 0 bridgehead atoms. The molecule has 0 radical (unpaired) electrons. The van der Waals surface area contributed by atoms with Crippen LogP contribution < -0.4 is 5.32 Å². The Kier molecular flexibility index (Phi) is 3.52. The molecule has 1 aromatic carbocycles. The maximum Gasteiger partial charge on any atom is 0.307 e. The number of hydrogen-bond donors (Lipinski definition) is 2. The zero-order chi connectivity index (χ0) is 13.0. The van der Waals surface area contributed by atoms with Gasteiger partial charge < -0.3 is 10.4 Å². The summed E-state index contributed by atoms with van der Waals surface area (Å²) in [6.07, 6.45) is 0.00885. The smallest absolute Gasteiger partial charge is 0.307 e. The summed E-state index contributed by atoms with van der Waals surface area (Å²) in [4.78, 5) is 10.8. The fraction of sp³-hybridized carbons (Fsp3) is 0.273. The Morgan fingerprint density at radius 2 is 2.11 bits per heavy atom. The Morgan fingerprint density at radius 1 is 1.39 bits per heavy atom. The number of aliphatic carboxylic acids is 1. The molecule has 94 valence electrons. The fourth-order valence-electron chi connectivity index (χ4n) is 1.62. The van der Waals surface area contributed by atoms with E-state index < -0.39 is 5.97 Å². The van der Waals surface area contributed by atoms with Gasteiger partial charge in [-0.2, -0.15) is 0 Å². The topological polar surface area (TPSA) is 92.9 Å². The number of nitrogens with zero attached hydrogens (tertiary/aromatic N) is 4. The second kappa shape index (κ2) is 5.26. The first kappa shape index (κ1) is 12.0. The van der Waals surface area contributed by atoms with Crippen LogP contribution in [0.15, 0.2) is 24.3 Å².